The molecule has 0 spiro atoms. The van der Waals surface area contributed by atoms with E-state index in [1.54, 1.807) is 24.3 Å². The molecule has 3 aromatic carbocycles. The van der Waals surface area contributed by atoms with Crippen LogP contribution in [0.1, 0.15) is 35.2 Å². The molecule has 1 fully saturated rings. The van der Waals surface area contributed by atoms with Gasteiger partial charge >= 0.3 is 0 Å². The van der Waals surface area contributed by atoms with Crippen LogP contribution in [0.3, 0.4) is 0 Å². The second-order valence-electron chi connectivity index (χ2n) is 8.46. The van der Waals surface area contributed by atoms with Crippen LogP contribution >= 0.6 is 0 Å². The van der Waals surface area contributed by atoms with Crippen LogP contribution in [-0.2, 0) is 16.0 Å². The third-order valence-electron chi connectivity index (χ3n) is 6.18. The Labute approximate surface area is 190 Å². The number of fused-ring (bicyclic) bond motifs is 1. The zero-order chi connectivity index (χ0) is 23.3. The second-order valence-corrected chi connectivity index (χ2v) is 8.46. The number of benzene rings is 3. The van der Waals surface area contributed by atoms with Crippen molar-refractivity contribution in [3.8, 4) is 5.75 Å². The molecule has 1 amide bonds. The molecule has 5 rings (SSSR count). The summed E-state index contributed by atoms with van der Waals surface area (Å²) in [6.07, 6.45) is 0.720. The number of amides is 1. The van der Waals surface area contributed by atoms with Crippen LogP contribution in [0.2, 0.25) is 0 Å². The third-order valence-corrected chi connectivity index (χ3v) is 6.18. The average molecular weight is 443 g/mol. The van der Waals surface area contributed by atoms with Gasteiger partial charge in [-0.2, -0.15) is 0 Å². The van der Waals surface area contributed by atoms with Crippen molar-refractivity contribution in [2.24, 2.45) is 0 Å². The molecule has 6 heteroatoms. The minimum Gasteiger partial charge on any atom is -0.507 e. The Balaban J connectivity index is 1.72. The minimum atomic E-state index is -0.892. The first-order valence-corrected chi connectivity index (χ1v) is 10.8. The molecule has 5 nitrogen and oxygen atoms in total. The van der Waals surface area contributed by atoms with E-state index in [2.05, 4.69) is 0 Å². The van der Waals surface area contributed by atoms with Crippen molar-refractivity contribution < 1.29 is 23.8 Å². The van der Waals surface area contributed by atoms with Gasteiger partial charge in [0.15, 0.2) is 0 Å². The van der Waals surface area contributed by atoms with E-state index in [0.29, 0.717) is 17.5 Å². The number of anilines is 1. The second kappa shape index (κ2) is 7.89. The third kappa shape index (κ3) is 3.48. The van der Waals surface area contributed by atoms with Crippen molar-refractivity contribution >= 4 is 23.1 Å². The highest BCUT2D eigenvalue weighted by molar-refractivity contribution is 6.51. The number of carbonyl (C=O) groups excluding carboxylic acids is 2. The number of hydrogen-bond donors (Lipinski definition) is 1. The SMILES string of the molecule is Cc1ccccc1C1/C(=C(\O)c2ccc3c(c2)CC(C)O3)C(=O)C(=O)N1c1cccc(F)c1. The van der Waals surface area contributed by atoms with E-state index in [-0.39, 0.29) is 23.1 Å². The van der Waals surface area contributed by atoms with E-state index < -0.39 is 23.5 Å². The maximum absolute atomic E-state index is 14.0. The first-order valence-electron chi connectivity index (χ1n) is 10.8. The van der Waals surface area contributed by atoms with E-state index in [4.69, 9.17) is 4.74 Å². The highest BCUT2D eigenvalue weighted by atomic mass is 19.1. The molecule has 2 aliphatic heterocycles. The molecule has 166 valence electrons. The molecule has 3 aromatic rings. The monoisotopic (exact) mass is 443 g/mol. The summed E-state index contributed by atoms with van der Waals surface area (Å²) < 4.78 is 19.8. The molecule has 2 aliphatic rings. The largest absolute Gasteiger partial charge is 0.507 e. The number of carbonyl (C=O) groups is 2. The lowest BCUT2D eigenvalue weighted by atomic mass is 9.92. The van der Waals surface area contributed by atoms with Gasteiger partial charge in [0.05, 0.1) is 11.6 Å². The van der Waals surface area contributed by atoms with Gasteiger partial charge in [-0.15, -0.1) is 0 Å². The fourth-order valence-corrected chi connectivity index (χ4v) is 4.64. The first-order chi connectivity index (χ1) is 15.8. The Bertz CT molecular complexity index is 1330. The predicted octanol–water partition coefficient (Wildman–Crippen LogP) is 5.08. The van der Waals surface area contributed by atoms with Gasteiger partial charge in [-0.25, -0.2) is 4.39 Å². The van der Waals surface area contributed by atoms with Crippen molar-refractivity contribution in [2.45, 2.75) is 32.4 Å². The predicted molar refractivity (Wildman–Crippen MR) is 123 cm³/mol. The summed E-state index contributed by atoms with van der Waals surface area (Å²) >= 11 is 0. The molecule has 2 unspecified atom stereocenters. The highest BCUT2D eigenvalue weighted by Gasteiger charge is 2.47. The normalized spacial score (nSPS) is 21.2. The van der Waals surface area contributed by atoms with Gasteiger partial charge in [0.25, 0.3) is 11.7 Å². The number of ketones is 1. The van der Waals surface area contributed by atoms with Gasteiger partial charge in [0, 0.05) is 17.7 Å². The molecule has 1 N–H and O–H groups in total. The van der Waals surface area contributed by atoms with Crippen molar-refractivity contribution in [3.63, 3.8) is 0 Å². The smallest absolute Gasteiger partial charge is 0.300 e. The number of aliphatic hydroxyl groups is 1. The van der Waals surface area contributed by atoms with Crippen molar-refractivity contribution in [3.05, 3.63) is 100 Å². The Morgan fingerprint density at radius 3 is 2.61 bits per heavy atom. The molecule has 0 aliphatic carbocycles. The van der Waals surface area contributed by atoms with Crippen LogP contribution in [0, 0.1) is 12.7 Å². The number of aliphatic hydroxyl groups excluding tert-OH is 1. The van der Waals surface area contributed by atoms with E-state index >= 15 is 0 Å². The van der Waals surface area contributed by atoms with Crippen molar-refractivity contribution in [2.75, 3.05) is 4.90 Å². The van der Waals surface area contributed by atoms with Gasteiger partial charge in [0.2, 0.25) is 0 Å². The summed E-state index contributed by atoms with van der Waals surface area (Å²) in [6, 6.07) is 17.2. The molecule has 0 aromatic heterocycles. The summed E-state index contributed by atoms with van der Waals surface area (Å²) in [7, 11) is 0. The van der Waals surface area contributed by atoms with Gasteiger partial charge < -0.3 is 9.84 Å². The lowest BCUT2D eigenvalue weighted by Gasteiger charge is -2.26. The van der Waals surface area contributed by atoms with E-state index in [0.717, 1.165) is 16.9 Å². The molecule has 0 bridgehead atoms. The first kappa shape index (κ1) is 20.9. The number of rotatable bonds is 3. The zero-order valence-corrected chi connectivity index (χ0v) is 18.2. The van der Waals surface area contributed by atoms with E-state index in [9.17, 15) is 19.1 Å². The van der Waals surface area contributed by atoms with Gasteiger partial charge in [-0.3, -0.25) is 14.5 Å². The summed E-state index contributed by atoms with van der Waals surface area (Å²) in [5.74, 6) is -1.66. The molecular weight excluding hydrogens is 421 g/mol. The Hall–Kier alpha value is -3.93. The lowest BCUT2D eigenvalue weighted by Crippen LogP contribution is -2.29. The molecule has 1 saturated heterocycles. The van der Waals surface area contributed by atoms with E-state index in [1.807, 2.05) is 38.1 Å². The van der Waals surface area contributed by atoms with Crippen LogP contribution < -0.4 is 9.64 Å². The topological polar surface area (TPSA) is 66.8 Å². The van der Waals surface area contributed by atoms with Crippen LogP contribution in [-0.4, -0.2) is 22.9 Å². The number of nitrogens with zero attached hydrogens (tertiary/aromatic N) is 1. The van der Waals surface area contributed by atoms with Gasteiger partial charge in [0.1, 0.15) is 23.4 Å². The highest BCUT2D eigenvalue weighted by Crippen LogP contribution is 2.43. The van der Waals surface area contributed by atoms with Crippen LogP contribution in [0.5, 0.6) is 5.75 Å². The summed E-state index contributed by atoms with van der Waals surface area (Å²) in [4.78, 5) is 27.7. The minimum absolute atomic E-state index is 0.0227. The zero-order valence-electron chi connectivity index (χ0n) is 18.2. The molecule has 0 saturated carbocycles. The number of halogens is 1. The fourth-order valence-electron chi connectivity index (χ4n) is 4.64. The average Bonchev–Trinajstić information content (AvgIpc) is 3.29. The van der Waals surface area contributed by atoms with Crippen molar-refractivity contribution in [1.82, 2.24) is 0 Å². The number of hydrogen-bond acceptors (Lipinski definition) is 4. The van der Waals surface area contributed by atoms with Crippen molar-refractivity contribution in [1.29, 1.82) is 0 Å². The van der Waals surface area contributed by atoms with E-state index in [1.165, 1.54) is 23.1 Å². The maximum Gasteiger partial charge on any atom is 0.300 e. The maximum atomic E-state index is 14.0. The molecule has 2 heterocycles. The molecule has 33 heavy (non-hydrogen) atoms. The number of Topliss-reactive ketones (excluding diaryl/α,β-unsaturated/α-hetero) is 1. The quantitative estimate of drug-likeness (QED) is 0.348. The summed E-state index contributed by atoms with van der Waals surface area (Å²) in [5.41, 5.74) is 3.11. The van der Waals surface area contributed by atoms with Gasteiger partial charge in [-0.1, -0.05) is 30.3 Å². The standard InChI is InChI=1S/C27H22FNO4/c1-15-6-3-4-9-21(15)24-23(25(30)17-10-11-22-18(13-17)12-16(2)33-22)26(31)27(32)29(24)20-8-5-7-19(28)14-20/h3-11,13-14,16,24,30H,12H2,1-2H3/b25-23+. The summed E-state index contributed by atoms with van der Waals surface area (Å²) in [5, 5.41) is 11.3. The molecular formula is C27H22FNO4. The fraction of sp³-hybridized carbons (Fsp3) is 0.185. The molecule has 0 radical (unpaired) electrons. The Morgan fingerprint density at radius 1 is 1.06 bits per heavy atom. The van der Waals surface area contributed by atoms with Gasteiger partial charge in [-0.05, 0) is 66.9 Å². The summed E-state index contributed by atoms with van der Waals surface area (Å²) in [6.45, 7) is 3.83. The molecule has 2 atom stereocenters. The lowest BCUT2D eigenvalue weighted by molar-refractivity contribution is -0.132. The van der Waals surface area contributed by atoms with Crippen LogP contribution in [0.25, 0.3) is 5.76 Å². The number of ether oxygens (including phenoxy) is 1. The van der Waals surface area contributed by atoms with Crippen LogP contribution in [0.15, 0.2) is 72.3 Å². The number of aryl methyl sites for hydroxylation is 1. The Morgan fingerprint density at radius 2 is 1.85 bits per heavy atom. The Kier molecular flexibility index (Phi) is 5.01. The van der Waals surface area contributed by atoms with Crippen LogP contribution in [0.4, 0.5) is 10.1 Å².